The van der Waals surface area contributed by atoms with E-state index in [1.54, 1.807) is 6.07 Å². The summed E-state index contributed by atoms with van der Waals surface area (Å²) in [6.45, 7) is 0.393. The number of hydrogen-bond acceptors (Lipinski definition) is 4. The Kier molecular flexibility index (Phi) is 4.76. The average Bonchev–Trinajstić information content (AvgIpc) is 3.24. The molecule has 9 heteroatoms. The third-order valence-electron chi connectivity index (χ3n) is 6.27. The average molecular weight is 441 g/mol. The fourth-order valence-corrected chi connectivity index (χ4v) is 4.96. The van der Waals surface area contributed by atoms with E-state index in [1.165, 1.54) is 33.8 Å². The summed E-state index contributed by atoms with van der Waals surface area (Å²) < 4.78 is 44.2. The lowest BCUT2D eigenvalue weighted by molar-refractivity contribution is 0.0564. The first-order valence-electron chi connectivity index (χ1n) is 10.2. The maximum atomic E-state index is 15.0. The molecule has 2 aromatic carbocycles. The van der Waals surface area contributed by atoms with Crippen molar-refractivity contribution in [3.8, 4) is 5.75 Å². The zero-order valence-electron chi connectivity index (χ0n) is 16.7. The molecule has 3 aromatic rings. The first kappa shape index (κ1) is 20.3. The van der Waals surface area contributed by atoms with Gasteiger partial charge in [0.1, 0.15) is 17.5 Å². The highest BCUT2D eigenvalue weighted by Crippen LogP contribution is 2.46. The number of rotatable bonds is 3. The smallest absolute Gasteiger partial charge is 0.276 e. The van der Waals surface area contributed by atoms with Crippen LogP contribution in [0.3, 0.4) is 0 Å². The van der Waals surface area contributed by atoms with Crippen LogP contribution in [0.2, 0.25) is 0 Å². The molecule has 0 aliphatic carbocycles. The number of carbonyl (C=O) groups is 1. The molecule has 1 unspecified atom stereocenters. The maximum Gasteiger partial charge on any atom is 0.276 e. The Morgan fingerprint density at radius 1 is 1.06 bits per heavy atom. The third-order valence-corrected chi connectivity index (χ3v) is 6.27. The Balaban J connectivity index is 1.81. The van der Waals surface area contributed by atoms with Gasteiger partial charge in [0.2, 0.25) is 5.43 Å². The van der Waals surface area contributed by atoms with Gasteiger partial charge in [-0.15, -0.1) is 0 Å². The van der Waals surface area contributed by atoms with Crippen molar-refractivity contribution in [3.63, 3.8) is 0 Å². The number of aromatic hydroxyl groups is 1. The normalized spacial score (nSPS) is 20.7. The van der Waals surface area contributed by atoms with Crippen LogP contribution in [-0.4, -0.2) is 38.3 Å². The van der Waals surface area contributed by atoms with Gasteiger partial charge in [-0.2, -0.15) is 5.10 Å². The maximum absolute atomic E-state index is 15.0. The Labute approximate surface area is 180 Å². The minimum Gasteiger partial charge on any atom is -0.502 e. The van der Waals surface area contributed by atoms with Gasteiger partial charge in [-0.25, -0.2) is 13.2 Å². The molecule has 32 heavy (non-hydrogen) atoms. The summed E-state index contributed by atoms with van der Waals surface area (Å²) in [5.41, 5.74) is -0.609. The zero-order valence-corrected chi connectivity index (χ0v) is 16.7. The van der Waals surface area contributed by atoms with Crippen molar-refractivity contribution >= 4 is 5.91 Å². The summed E-state index contributed by atoms with van der Waals surface area (Å²) in [7, 11) is 0. The van der Waals surface area contributed by atoms with Crippen LogP contribution >= 0.6 is 0 Å². The van der Waals surface area contributed by atoms with E-state index in [0.29, 0.717) is 24.9 Å². The van der Waals surface area contributed by atoms with Crippen LogP contribution in [0.15, 0.2) is 53.5 Å². The molecule has 0 radical (unpaired) electrons. The van der Waals surface area contributed by atoms with E-state index >= 15 is 4.39 Å². The van der Waals surface area contributed by atoms with Gasteiger partial charge in [-0.05, 0) is 42.2 Å². The lowest BCUT2D eigenvalue weighted by Crippen LogP contribution is -2.51. The second kappa shape index (κ2) is 7.51. The van der Waals surface area contributed by atoms with E-state index in [4.69, 9.17) is 0 Å². The molecule has 1 amide bonds. The summed E-state index contributed by atoms with van der Waals surface area (Å²) in [6.07, 6.45) is 2.13. The van der Waals surface area contributed by atoms with E-state index in [9.17, 15) is 23.5 Å². The fourth-order valence-electron chi connectivity index (χ4n) is 4.96. The summed E-state index contributed by atoms with van der Waals surface area (Å²) in [4.78, 5) is 26.6. The summed E-state index contributed by atoms with van der Waals surface area (Å²) in [5, 5.41) is 14.5. The molecule has 2 aliphatic heterocycles. The highest BCUT2D eigenvalue weighted by atomic mass is 19.1. The Morgan fingerprint density at radius 3 is 2.59 bits per heavy atom. The van der Waals surface area contributed by atoms with Crippen molar-refractivity contribution in [1.82, 2.24) is 14.7 Å². The standard InChI is InChI=1S/C23H18F3N3O3/c24-13-4-1-3-12(9-13)19(15-7-6-14(25)10-16(15)26)20-17-5-2-8-28(17)23(32)21-22(31)18(30)11-27-29(20)21/h1,3-4,6-7,9-11,17,19-20,31H,2,5,8H2/t17-,19?,20-/m1/s1. The minimum absolute atomic E-state index is 0.0918. The molecular formula is C23H18F3N3O3. The van der Waals surface area contributed by atoms with Crippen LogP contribution in [0.4, 0.5) is 13.2 Å². The lowest BCUT2D eigenvalue weighted by Gasteiger charge is -2.42. The van der Waals surface area contributed by atoms with Crippen LogP contribution in [0, 0.1) is 17.5 Å². The van der Waals surface area contributed by atoms with Gasteiger partial charge in [-0.3, -0.25) is 14.3 Å². The molecule has 5 rings (SSSR count). The van der Waals surface area contributed by atoms with Crippen LogP contribution in [-0.2, 0) is 0 Å². The number of benzene rings is 2. The van der Waals surface area contributed by atoms with E-state index in [0.717, 1.165) is 18.3 Å². The number of aromatic nitrogens is 2. The van der Waals surface area contributed by atoms with E-state index in [-0.39, 0.29) is 11.3 Å². The summed E-state index contributed by atoms with van der Waals surface area (Å²) in [6, 6.07) is 7.55. The van der Waals surface area contributed by atoms with E-state index in [1.807, 2.05) is 0 Å². The molecule has 164 valence electrons. The Hall–Kier alpha value is -3.62. The quantitative estimate of drug-likeness (QED) is 0.677. The molecule has 3 heterocycles. The second-order valence-electron chi connectivity index (χ2n) is 8.05. The van der Waals surface area contributed by atoms with Gasteiger partial charge < -0.3 is 10.0 Å². The van der Waals surface area contributed by atoms with Gasteiger partial charge in [0.15, 0.2) is 11.4 Å². The zero-order chi connectivity index (χ0) is 22.6. The SMILES string of the molecule is O=C1c2c(O)c(=O)cnn2[C@@H](C(c2cccc(F)c2)c2ccc(F)cc2F)[C@H]2CCCN12. The second-order valence-corrected chi connectivity index (χ2v) is 8.05. The Morgan fingerprint density at radius 2 is 1.84 bits per heavy atom. The van der Waals surface area contributed by atoms with Crippen molar-refractivity contribution < 1.29 is 23.1 Å². The number of hydrogen-bond donors (Lipinski definition) is 1. The van der Waals surface area contributed by atoms with Crippen LogP contribution < -0.4 is 5.43 Å². The van der Waals surface area contributed by atoms with Crippen molar-refractivity contribution in [1.29, 1.82) is 0 Å². The van der Waals surface area contributed by atoms with Crippen molar-refractivity contribution in [2.24, 2.45) is 0 Å². The first-order chi connectivity index (χ1) is 15.4. The molecular weight excluding hydrogens is 423 g/mol. The predicted octanol–water partition coefficient (Wildman–Crippen LogP) is 3.36. The van der Waals surface area contributed by atoms with Crippen LogP contribution in [0.5, 0.6) is 5.75 Å². The fraction of sp³-hybridized carbons (Fsp3) is 0.261. The number of carbonyl (C=O) groups excluding carboxylic acids is 1. The van der Waals surface area contributed by atoms with E-state index in [2.05, 4.69) is 5.10 Å². The molecule has 6 nitrogen and oxygen atoms in total. The van der Waals surface area contributed by atoms with Gasteiger partial charge in [0.05, 0.1) is 18.3 Å². The molecule has 0 saturated carbocycles. The highest BCUT2D eigenvalue weighted by Gasteiger charge is 2.48. The van der Waals surface area contributed by atoms with Gasteiger partial charge in [0.25, 0.3) is 5.91 Å². The largest absolute Gasteiger partial charge is 0.502 e. The van der Waals surface area contributed by atoms with Crippen molar-refractivity contribution in [2.45, 2.75) is 30.8 Å². The monoisotopic (exact) mass is 441 g/mol. The molecule has 1 fully saturated rings. The summed E-state index contributed by atoms with van der Waals surface area (Å²) >= 11 is 0. The third kappa shape index (κ3) is 3.07. The van der Waals surface area contributed by atoms with Crippen LogP contribution in [0.1, 0.15) is 46.4 Å². The molecule has 0 bridgehead atoms. The number of halogens is 3. The number of amides is 1. The molecule has 1 saturated heterocycles. The van der Waals surface area contributed by atoms with Gasteiger partial charge in [-0.1, -0.05) is 18.2 Å². The van der Waals surface area contributed by atoms with Gasteiger partial charge in [0, 0.05) is 18.5 Å². The van der Waals surface area contributed by atoms with Crippen molar-refractivity contribution in [3.05, 3.63) is 93.2 Å². The first-order valence-corrected chi connectivity index (χ1v) is 10.2. The topological polar surface area (TPSA) is 75.4 Å². The Bertz CT molecular complexity index is 1290. The van der Waals surface area contributed by atoms with Gasteiger partial charge >= 0.3 is 0 Å². The molecule has 1 aromatic heterocycles. The highest BCUT2D eigenvalue weighted by molar-refractivity contribution is 5.96. The molecule has 2 aliphatic rings. The van der Waals surface area contributed by atoms with Crippen molar-refractivity contribution in [2.75, 3.05) is 6.54 Å². The van der Waals surface area contributed by atoms with E-state index < -0.39 is 52.5 Å². The number of nitrogens with zero attached hydrogens (tertiary/aromatic N) is 3. The molecule has 3 atom stereocenters. The molecule has 0 spiro atoms. The lowest BCUT2D eigenvalue weighted by atomic mass is 9.79. The predicted molar refractivity (Wildman–Crippen MR) is 108 cm³/mol. The summed E-state index contributed by atoms with van der Waals surface area (Å²) in [5.74, 6) is -4.28. The van der Waals surface area contributed by atoms with Crippen LogP contribution in [0.25, 0.3) is 0 Å². The minimum atomic E-state index is -0.877. The number of fused-ring (bicyclic) bond motifs is 2. The molecule has 1 N–H and O–H groups in total.